The van der Waals surface area contributed by atoms with Crippen LogP contribution in [0.5, 0.6) is 11.5 Å². The Bertz CT molecular complexity index is 762. The van der Waals surface area contributed by atoms with Crippen molar-refractivity contribution in [3.63, 3.8) is 0 Å². The van der Waals surface area contributed by atoms with E-state index in [1.54, 1.807) is 6.07 Å². The fourth-order valence-electron chi connectivity index (χ4n) is 2.99. The Labute approximate surface area is 148 Å². The van der Waals surface area contributed by atoms with Crippen LogP contribution in [0.15, 0.2) is 17.2 Å². The van der Waals surface area contributed by atoms with Crippen molar-refractivity contribution < 1.29 is 22.6 Å². The van der Waals surface area contributed by atoms with Gasteiger partial charge in [-0.1, -0.05) is 19.3 Å². The van der Waals surface area contributed by atoms with E-state index in [0.29, 0.717) is 21.9 Å². The van der Waals surface area contributed by atoms with E-state index < -0.39 is 12.0 Å². The molecule has 2 aromatic rings. The smallest absolute Gasteiger partial charge is 0.451 e. The van der Waals surface area contributed by atoms with Crippen LogP contribution in [0.2, 0.25) is 0 Å². The number of hydrogen-bond acceptors (Lipinski definition) is 5. The van der Waals surface area contributed by atoms with Gasteiger partial charge in [0, 0.05) is 16.7 Å². The normalized spacial score (nSPS) is 16.2. The van der Waals surface area contributed by atoms with Crippen molar-refractivity contribution in [2.75, 3.05) is 14.2 Å². The molecule has 4 nitrogen and oxygen atoms in total. The number of methoxy groups -OCH3 is 2. The number of fused-ring (bicyclic) bond motifs is 1. The Kier molecular flexibility index (Phi) is 5.27. The van der Waals surface area contributed by atoms with E-state index in [-0.39, 0.29) is 10.8 Å². The van der Waals surface area contributed by atoms with Crippen LogP contribution in [0.25, 0.3) is 10.9 Å². The molecule has 0 aliphatic heterocycles. The van der Waals surface area contributed by atoms with Gasteiger partial charge in [-0.3, -0.25) is 0 Å². The van der Waals surface area contributed by atoms with Gasteiger partial charge in [0.2, 0.25) is 5.82 Å². The van der Waals surface area contributed by atoms with Crippen LogP contribution in [0.4, 0.5) is 13.2 Å². The van der Waals surface area contributed by atoms with Gasteiger partial charge in [0.15, 0.2) is 11.5 Å². The number of benzene rings is 1. The monoisotopic (exact) mass is 372 g/mol. The molecule has 0 saturated heterocycles. The average Bonchev–Trinajstić information content (AvgIpc) is 2.60. The molecule has 0 bridgehead atoms. The summed E-state index contributed by atoms with van der Waals surface area (Å²) in [6, 6.07) is 3.12. The molecule has 0 atom stereocenters. The van der Waals surface area contributed by atoms with E-state index in [1.165, 1.54) is 38.5 Å². The summed E-state index contributed by atoms with van der Waals surface area (Å²) < 4.78 is 50.1. The second kappa shape index (κ2) is 7.27. The van der Waals surface area contributed by atoms with Crippen molar-refractivity contribution >= 4 is 22.7 Å². The van der Waals surface area contributed by atoms with Gasteiger partial charge < -0.3 is 9.47 Å². The second-order valence-electron chi connectivity index (χ2n) is 5.95. The third kappa shape index (κ3) is 3.94. The average molecular weight is 372 g/mol. The maximum absolute atomic E-state index is 13.2. The first-order chi connectivity index (χ1) is 11.9. The van der Waals surface area contributed by atoms with E-state index in [4.69, 9.17) is 9.47 Å². The van der Waals surface area contributed by atoms with Crippen LogP contribution in [0, 0.1) is 0 Å². The van der Waals surface area contributed by atoms with E-state index >= 15 is 0 Å². The van der Waals surface area contributed by atoms with Crippen LogP contribution in [0.1, 0.15) is 37.9 Å². The molecule has 1 aromatic carbocycles. The highest BCUT2D eigenvalue weighted by Gasteiger charge is 2.36. The van der Waals surface area contributed by atoms with Crippen molar-refractivity contribution in [2.45, 2.75) is 48.6 Å². The first-order valence-corrected chi connectivity index (χ1v) is 8.98. The number of ether oxygens (including phenoxy) is 2. The Balaban J connectivity index is 2.12. The highest BCUT2D eigenvalue weighted by Crippen LogP contribution is 2.40. The van der Waals surface area contributed by atoms with Crippen LogP contribution >= 0.6 is 11.8 Å². The number of aromatic nitrogens is 2. The number of halogens is 3. The SMILES string of the molecule is COc1cc2nc(C(F)(F)F)nc(SC3CCCCC3)c2cc1OC. The van der Waals surface area contributed by atoms with Gasteiger partial charge in [-0.05, 0) is 18.9 Å². The Morgan fingerprint density at radius 3 is 2.24 bits per heavy atom. The molecule has 0 unspecified atom stereocenters. The van der Waals surface area contributed by atoms with Gasteiger partial charge >= 0.3 is 6.18 Å². The van der Waals surface area contributed by atoms with Crippen molar-refractivity contribution in [1.29, 1.82) is 0 Å². The molecule has 0 N–H and O–H groups in total. The van der Waals surface area contributed by atoms with Gasteiger partial charge in [-0.15, -0.1) is 11.8 Å². The molecule has 0 radical (unpaired) electrons. The molecular weight excluding hydrogens is 353 g/mol. The Morgan fingerprint density at radius 2 is 1.64 bits per heavy atom. The quantitative estimate of drug-likeness (QED) is 0.700. The minimum atomic E-state index is -4.59. The van der Waals surface area contributed by atoms with Crippen LogP contribution in [-0.4, -0.2) is 29.4 Å². The van der Waals surface area contributed by atoms with Crippen molar-refractivity contribution in [3.8, 4) is 11.5 Å². The second-order valence-corrected chi connectivity index (χ2v) is 7.24. The zero-order valence-electron chi connectivity index (χ0n) is 14.0. The van der Waals surface area contributed by atoms with Crippen molar-refractivity contribution in [1.82, 2.24) is 9.97 Å². The van der Waals surface area contributed by atoms with E-state index in [0.717, 1.165) is 25.7 Å². The standard InChI is InChI=1S/C17H19F3N2O2S/c1-23-13-8-11-12(9-14(13)24-2)21-16(17(18,19)20)22-15(11)25-10-6-4-3-5-7-10/h8-10H,3-7H2,1-2H3. The van der Waals surface area contributed by atoms with Crippen LogP contribution < -0.4 is 9.47 Å². The third-order valence-electron chi connectivity index (χ3n) is 4.25. The first kappa shape index (κ1) is 18.1. The lowest BCUT2D eigenvalue weighted by Crippen LogP contribution is -2.13. The predicted molar refractivity (Wildman–Crippen MR) is 90.4 cm³/mol. The highest BCUT2D eigenvalue weighted by atomic mass is 32.2. The number of alkyl halides is 3. The maximum atomic E-state index is 13.2. The Hall–Kier alpha value is -1.70. The zero-order valence-corrected chi connectivity index (χ0v) is 14.8. The summed E-state index contributed by atoms with van der Waals surface area (Å²) >= 11 is 1.41. The third-order valence-corrected chi connectivity index (χ3v) is 5.59. The highest BCUT2D eigenvalue weighted by molar-refractivity contribution is 8.00. The summed E-state index contributed by atoms with van der Waals surface area (Å²) in [5, 5.41) is 1.19. The van der Waals surface area contributed by atoms with Crippen molar-refractivity contribution in [2.24, 2.45) is 0 Å². The number of rotatable bonds is 4. The number of hydrogen-bond donors (Lipinski definition) is 0. The molecule has 3 rings (SSSR count). The summed E-state index contributed by atoms with van der Waals surface area (Å²) in [6.07, 6.45) is 0.771. The van der Waals surface area contributed by atoms with E-state index in [2.05, 4.69) is 9.97 Å². The lowest BCUT2D eigenvalue weighted by Gasteiger charge is -2.21. The number of nitrogens with zero attached hydrogens (tertiary/aromatic N) is 2. The summed E-state index contributed by atoms with van der Waals surface area (Å²) in [5.41, 5.74) is 0.207. The first-order valence-electron chi connectivity index (χ1n) is 8.10. The molecule has 1 heterocycles. The molecule has 136 valence electrons. The molecule has 0 spiro atoms. The molecule has 1 fully saturated rings. The lowest BCUT2D eigenvalue weighted by atomic mass is 10.0. The van der Waals surface area contributed by atoms with Crippen LogP contribution in [0.3, 0.4) is 0 Å². The van der Waals surface area contributed by atoms with Gasteiger partial charge in [-0.25, -0.2) is 9.97 Å². The maximum Gasteiger partial charge on any atom is 0.451 e. The molecule has 25 heavy (non-hydrogen) atoms. The molecule has 1 aromatic heterocycles. The van der Waals surface area contributed by atoms with Gasteiger partial charge in [0.05, 0.1) is 19.7 Å². The molecule has 1 saturated carbocycles. The topological polar surface area (TPSA) is 44.2 Å². The van der Waals surface area contributed by atoms with E-state index in [9.17, 15) is 13.2 Å². The lowest BCUT2D eigenvalue weighted by molar-refractivity contribution is -0.145. The zero-order chi connectivity index (χ0) is 18.0. The molecule has 8 heteroatoms. The molecule has 1 aliphatic rings. The minimum absolute atomic E-state index is 0.207. The molecular formula is C17H19F3N2O2S. The predicted octanol–water partition coefficient (Wildman–Crippen LogP) is 5.09. The van der Waals surface area contributed by atoms with Crippen LogP contribution in [-0.2, 0) is 6.18 Å². The Morgan fingerprint density at radius 1 is 1.00 bits per heavy atom. The summed E-state index contributed by atoms with van der Waals surface area (Å²) in [4.78, 5) is 7.53. The van der Waals surface area contributed by atoms with Gasteiger partial charge in [-0.2, -0.15) is 13.2 Å². The fraction of sp³-hybridized carbons (Fsp3) is 0.529. The summed E-state index contributed by atoms with van der Waals surface area (Å²) in [6.45, 7) is 0. The largest absolute Gasteiger partial charge is 0.493 e. The molecule has 1 aliphatic carbocycles. The van der Waals surface area contributed by atoms with E-state index in [1.807, 2.05) is 0 Å². The molecule has 0 amide bonds. The summed E-state index contributed by atoms with van der Waals surface area (Å²) in [7, 11) is 2.93. The summed E-state index contributed by atoms with van der Waals surface area (Å²) in [5.74, 6) is -0.329. The van der Waals surface area contributed by atoms with Gasteiger partial charge in [0.25, 0.3) is 0 Å². The number of thioether (sulfide) groups is 1. The fourth-order valence-corrected chi connectivity index (χ4v) is 4.30. The van der Waals surface area contributed by atoms with Crippen molar-refractivity contribution in [3.05, 3.63) is 18.0 Å². The minimum Gasteiger partial charge on any atom is -0.493 e. The van der Waals surface area contributed by atoms with Gasteiger partial charge in [0.1, 0.15) is 5.03 Å².